The molecule has 0 bridgehead atoms. The maximum absolute atomic E-state index is 13.4. The van der Waals surface area contributed by atoms with Gasteiger partial charge in [-0.05, 0) is 67.0 Å². The number of rotatable bonds is 10. The van der Waals surface area contributed by atoms with E-state index in [0.29, 0.717) is 46.6 Å². The lowest BCUT2D eigenvalue weighted by Gasteiger charge is -2.28. The van der Waals surface area contributed by atoms with Crippen LogP contribution in [0.5, 0.6) is 5.75 Å². The van der Waals surface area contributed by atoms with Crippen LogP contribution in [0.3, 0.4) is 0 Å². The first-order chi connectivity index (χ1) is 18.7. The third-order valence-corrected chi connectivity index (χ3v) is 7.60. The van der Waals surface area contributed by atoms with Crippen LogP contribution < -0.4 is 4.74 Å². The normalized spacial score (nSPS) is 16.8. The number of halogens is 2. The highest BCUT2D eigenvalue weighted by Gasteiger charge is 2.46. The van der Waals surface area contributed by atoms with Crippen molar-refractivity contribution in [1.29, 1.82) is 0 Å². The van der Waals surface area contributed by atoms with Gasteiger partial charge in [-0.1, -0.05) is 73.4 Å². The summed E-state index contributed by atoms with van der Waals surface area (Å²) in [5.41, 5.74) is 2.76. The van der Waals surface area contributed by atoms with Crippen LogP contribution in [0.15, 0.2) is 72.3 Å². The van der Waals surface area contributed by atoms with Crippen molar-refractivity contribution in [3.63, 3.8) is 0 Å². The summed E-state index contributed by atoms with van der Waals surface area (Å²) in [7, 11) is 0. The minimum atomic E-state index is -0.848. The van der Waals surface area contributed by atoms with E-state index in [0.717, 1.165) is 24.2 Å². The van der Waals surface area contributed by atoms with Gasteiger partial charge in [0, 0.05) is 28.7 Å². The van der Waals surface area contributed by atoms with Gasteiger partial charge in [0.1, 0.15) is 18.1 Å². The van der Waals surface area contributed by atoms with Gasteiger partial charge in [-0.15, -0.1) is 0 Å². The van der Waals surface area contributed by atoms with Gasteiger partial charge in [-0.25, -0.2) is 0 Å². The van der Waals surface area contributed by atoms with Crippen molar-refractivity contribution in [3.8, 4) is 5.75 Å². The van der Waals surface area contributed by atoms with Crippen molar-refractivity contribution < 1.29 is 19.4 Å². The number of ether oxygens (including phenoxy) is 1. The molecule has 0 unspecified atom stereocenters. The van der Waals surface area contributed by atoms with E-state index in [4.69, 9.17) is 27.9 Å². The summed E-state index contributed by atoms with van der Waals surface area (Å²) < 4.78 is 5.97. The predicted molar refractivity (Wildman–Crippen MR) is 155 cm³/mol. The number of amides is 1. The third kappa shape index (κ3) is 6.30. The molecule has 6 nitrogen and oxygen atoms in total. The van der Waals surface area contributed by atoms with E-state index in [-0.39, 0.29) is 11.3 Å². The average Bonchev–Trinajstić information content (AvgIpc) is 3.18. The number of nitrogens with zero attached hydrogens (tertiary/aromatic N) is 2. The zero-order valence-electron chi connectivity index (χ0n) is 22.3. The van der Waals surface area contributed by atoms with Gasteiger partial charge in [-0.2, -0.15) is 0 Å². The maximum atomic E-state index is 13.4. The molecule has 1 heterocycles. The van der Waals surface area contributed by atoms with Crippen LogP contribution in [0.4, 0.5) is 0 Å². The Morgan fingerprint density at radius 1 is 1.00 bits per heavy atom. The number of aliphatic hydroxyl groups is 1. The molecule has 204 valence electrons. The van der Waals surface area contributed by atoms with Crippen LogP contribution in [-0.4, -0.2) is 52.8 Å². The zero-order chi connectivity index (χ0) is 28.1. The second-order valence-electron chi connectivity index (χ2n) is 9.44. The molecule has 0 aromatic heterocycles. The third-order valence-electron chi connectivity index (χ3n) is 7.03. The van der Waals surface area contributed by atoms with E-state index >= 15 is 0 Å². The number of hydrogen-bond donors (Lipinski definition) is 1. The second kappa shape index (κ2) is 12.7. The summed E-state index contributed by atoms with van der Waals surface area (Å²) >= 11 is 12.7. The Kier molecular flexibility index (Phi) is 9.33. The first kappa shape index (κ1) is 28.7. The minimum Gasteiger partial charge on any atom is -0.507 e. The van der Waals surface area contributed by atoms with Gasteiger partial charge in [-0.3, -0.25) is 9.59 Å². The summed E-state index contributed by atoms with van der Waals surface area (Å²) in [6, 6.07) is 19.1. The molecule has 4 rings (SSSR count). The molecule has 0 radical (unpaired) electrons. The number of likely N-dealkylation sites (N-methyl/N-ethyl adjacent to an activating group) is 1. The number of carbonyl (C=O) groups excluding carboxylic acids is 2. The summed E-state index contributed by atoms with van der Waals surface area (Å²) in [5.74, 6) is -1.01. The van der Waals surface area contributed by atoms with Crippen LogP contribution in [0.2, 0.25) is 10.0 Å². The van der Waals surface area contributed by atoms with Gasteiger partial charge < -0.3 is 19.6 Å². The highest BCUT2D eigenvalue weighted by atomic mass is 35.5. The molecule has 8 heteroatoms. The van der Waals surface area contributed by atoms with Crippen molar-refractivity contribution in [2.75, 3.05) is 26.2 Å². The number of hydrogen-bond acceptors (Lipinski definition) is 5. The molecule has 1 N–H and O–H groups in total. The fourth-order valence-electron chi connectivity index (χ4n) is 4.80. The predicted octanol–water partition coefficient (Wildman–Crippen LogP) is 6.64. The zero-order valence-corrected chi connectivity index (χ0v) is 23.8. The Bertz CT molecular complexity index is 1390. The molecule has 1 fully saturated rings. The smallest absolute Gasteiger partial charge is 0.295 e. The largest absolute Gasteiger partial charge is 0.507 e. The van der Waals surface area contributed by atoms with Gasteiger partial charge >= 0.3 is 0 Å². The fourth-order valence-corrected chi connectivity index (χ4v) is 5.31. The number of aliphatic hydroxyl groups excluding tert-OH is 1. The van der Waals surface area contributed by atoms with Crippen molar-refractivity contribution >= 4 is 40.7 Å². The Morgan fingerprint density at radius 2 is 1.72 bits per heavy atom. The summed E-state index contributed by atoms with van der Waals surface area (Å²) in [6.07, 6.45) is 0. The molecule has 0 saturated carbocycles. The molecule has 1 atom stereocenters. The van der Waals surface area contributed by atoms with Crippen LogP contribution in [0.1, 0.15) is 42.1 Å². The van der Waals surface area contributed by atoms with Crippen LogP contribution in [0, 0.1) is 6.92 Å². The first-order valence-corrected chi connectivity index (χ1v) is 13.7. The van der Waals surface area contributed by atoms with E-state index < -0.39 is 17.7 Å². The molecular formula is C31H32Cl2N2O4. The van der Waals surface area contributed by atoms with Gasteiger partial charge in [0.15, 0.2) is 0 Å². The number of carbonyl (C=O) groups is 2. The van der Waals surface area contributed by atoms with Gasteiger partial charge in [0.2, 0.25) is 0 Å². The van der Waals surface area contributed by atoms with Crippen molar-refractivity contribution in [2.45, 2.75) is 33.4 Å². The molecule has 39 heavy (non-hydrogen) atoms. The summed E-state index contributed by atoms with van der Waals surface area (Å²) in [5, 5.41) is 12.2. The second-order valence-corrected chi connectivity index (χ2v) is 10.3. The first-order valence-electron chi connectivity index (χ1n) is 13.0. The van der Waals surface area contributed by atoms with Crippen molar-refractivity contribution in [2.24, 2.45) is 0 Å². The molecule has 1 aliphatic heterocycles. The van der Waals surface area contributed by atoms with Crippen LogP contribution >= 0.6 is 23.2 Å². The lowest BCUT2D eigenvalue weighted by Crippen LogP contribution is -2.38. The quantitative estimate of drug-likeness (QED) is 0.169. The molecule has 1 amide bonds. The average molecular weight is 568 g/mol. The number of benzene rings is 3. The Labute approximate surface area is 239 Å². The van der Waals surface area contributed by atoms with E-state index in [1.807, 2.05) is 51.1 Å². The SMILES string of the molecule is CCN(CC)CCN1C(=O)C(=O)C(=C(O)c2ccc(OCc3ccccc3)c(C)c2)[C@H]1c1ccc(Cl)cc1Cl. The molecule has 0 spiro atoms. The molecule has 1 saturated heterocycles. The Morgan fingerprint density at radius 3 is 2.36 bits per heavy atom. The van der Waals surface area contributed by atoms with Crippen molar-refractivity contribution in [3.05, 3.63) is 105 Å². The Balaban J connectivity index is 1.72. The highest BCUT2D eigenvalue weighted by molar-refractivity contribution is 6.47. The standard InChI is InChI=1S/C31H32Cl2N2O4/c1-4-34(5-2)15-16-35-28(24-13-12-23(32)18-25(24)33)27(30(37)31(35)38)29(36)22-11-14-26(20(3)17-22)39-19-21-9-7-6-8-10-21/h6-14,17-18,28,36H,4-5,15-16,19H2,1-3H3/t28-/m1/s1. The van der Waals surface area contributed by atoms with Crippen molar-refractivity contribution in [1.82, 2.24) is 9.80 Å². The Hall–Kier alpha value is -3.32. The van der Waals surface area contributed by atoms with E-state index in [1.54, 1.807) is 36.4 Å². The fraction of sp³-hybridized carbons (Fsp3) is 0.290. The van der Waals surface area contributed by atoms with E-state index in [9.17, 15) is 14.7 Å². The summed E-state index contributed by atoms with van der Waals surface area (Å²) in [6.45, 7) is 8.86. The number of Topliss-reactive ketones (excluding diaryl/α,β-unsaturated/α-hetero) is 1. The molecule has 3 aromatic rings. The molecule has 3 aromatic carbocycles. The topological polar surface area (TPSA) is 70.1 Å². The highest BCUT2D eigenvalue weighted by Crippen LogP contribution is 2.42. The van der Waals surface area contributed by atoms with E-state index in [2.05, 4.69) is 4.90 Å². The van der Waals surface area contributed by atoms with Gasteiger partial charge in [0.25, 0.3) is 11.7 Å². The number of aryl methyl sites for hydroxylation is 1. The lowest BCUT2D eigenvalue weighted by atomic mass is 9.94. The van der Waals surface area contributed by atoms with Gasteiger partial charge in [0.05, 0.1) is 11.6 Å². The molecule has 1 aliphatic rings. The minimum absolute atomic E-state index is 0.00104. The maximum Gasteiger partial charge on any atom is 0.295 e. The van der Waals surface area contributed by atoms with Crippen LogP contribution in [-0.2, 0) is 16.2 Å². The van der Waals surface area contributed by atoms with E-state index in [1.165, 1.54) is 4.90 Å². The number of ketones is 1. The number of likely N-dealkylation sites (tertiary alicyclic amines) is 1. The molecule has 0 aliphatic carbocycles. The lowest BCUT2D eigenvalue weighted by molar-refractivity contribution is -0.140. The van der Waals surface area contributed by atoms with Crippen LogP contribution in [0.25, 0.3) is 5.76 Å². The monoisotopic (exact) mass is 566 g/mol. The molecular weight excluding hydrogens is 535 g/mol. The summed E-state index contributed by atoms with van der Waals surface area (Å²) in [4.78, 5) is 30.3.